The summed E-state index contributed by atoms with van der Waals surface area (Å²) in [5, 5.41) is 6.74. The summed E-state index contributed by atoms with van der Waals surface area (Å²) in [6.07, 6.45) is 3.65. The highest BCUT2D eigenvalue weighted by Crippen LogP contribution is 1.59. The van der Waals surface area contributed by atoms with Crippen LogP contribution in [0.25, 0.3) is 0 Å². The molecule has 0 aromatic carbocycles. The lowest BCUT2D eigenvalue weighted by atomic mass is 10.5. The Hall–Kier alpha value is -1.25. The molecule has 1 rings (SSSR count). The summed E-state index contributed by atoms with van der Waals surface area (Å²) in [7, 11) is 0. The zero-order valence-corrected chi connectivity index (χ0v) is 4.03. The van der Waals surface area contributed by atoms with Crippen LogP contribution in [0.5, 0.6) is 0 Å². The summed E-state index contributed by atoms with van der Waals surface area (Å²) in [5.41, 5.74) is -0.130. The quantitative estimate of drug-likeness (QED) is 0.454. The van der Waals surface area contributed by atoms with Gasteiger partial charge < -0.3 is 0 Å². The Kier molecular flexibility index (Phi) is 1.32. The third-order valence-corrected chi connectivity index (χ3v) is 0.628. The first-order valence-electron chi connectivity index (χ1n) is 2.09. The second-order valence-corrected chi connectivity index (χ2v) is 1.21. The molecular formula is C5H3N2O. The van der Waals surface area contributed by atoms with Crippen molar-refractivity contribution >= 4 is 0 Å². The van der Waals surface area contributed by atoms with Gasteiger partial charge in [-0.05, 0) is 0 Å². The van der Waals surface area contributed by atoms with Crippen LogP contribution in [0.15, 0.2) is 23.1 Å². The minimum absolute atomic E-state index is 0.130. The van der Waals surface area contributed by atoms with Gasteiger partial charge in [-0.15, -0.1) is 5.10 Å². The molecule has 0 aliphatic rings. The van der Waals surface area contributed by atoms with Crippen molar-refractivity contribution in [1.29, 1.82) is 0 Å². The van der Waals surface area contributed by atoms with Gasteiger partial charge in [-0.2, -0.15) is 5.10 Å². The number of hydrogen-bond donors (Lipinski definition) is 0. The molecule has 0 bridgehead atoms. The second kappa shape index (κ2) is 2.16. The molecule has 1 aromatic rings. The van der Waals surface area contributed by atoms with Crippen LogP contribution in [0.3, 0.4) is 0 Å². The number of hydrogen-bond acceptors (Lipinski definition) is 3. The van der Waals surface area contributed by atoms with E-state index in [-0.39, 0.29) is 5.43 Å². The van der Waals surface area contributed by atoms with Crippen molar-refractivity contribution in [2.45, 2.75) is 0 Å². The SMILES string of the molecule is O=c1c[c]nncc1. The fourth-order valence-electron chi connectivity index (χ4n) is 0.314. The van der Waals surface area contributed by atoms with Crippen molar-refractivity contribution in [1.82, 2.24) is 10.2 Å². The summed E-state index contributed by atoms with van der Waals surface area (Å²) < 4.78 is 0. The smallest absolute Gasteiger partial charge is 0.182 e. The van der Waals surface area contributed by atoms with Crippen LogP contribution in [0.4, 0.5) is 0 Å². The fraction of sp³-hybridized carbons (Fsp3) is 0. The lowest BCUT2D eigenvalue weighted by molar-refractivity contribution is 1.05. The molecule has 3 nitrogen and oxygen atoms in total. The van der Waals surface area contributed by atoms with Crippen LogP contribution in [0, 0.1) is 6.20 Å². The Morgan fingerprint density at radius 2 is 2.50 bits per heavy atom. The number of nitrogens with zero attached hydrogens (tertiary/aromatic N) is 2. The van der Waals surface area contributed by atoms with Gasteiger partial charge in [-0.1, -0.05) is 0 Å². The topological polar surface area (TPSA) is 42.9 Å². The summed E-state index contributed by atoms with van der Waals surface area (Å²) >= 11 is 0. The third-order valence-electron chi connectivity index (χ3n) is 0.628. The van der Waals surface area contributed by atoms with E-state index < -0.39 is 0 Å². The maximum atomic E-state index is 10.4. The first-order valence-corrected chi connectivity index (χ1v) is 2.09. The summed E-state index contributed by atoms with van der Waals surface area (Å²) in [6, 6.07) is 2.55. The Bertz CT molecular complexity index is 201. The first-order chi connectivity index (χ1) is 3.89. The highest BCUT2D eigenvalue weighted by atomic mass is 16.1. The predicted molar refractivity (Wildman–Crippen MR) is 27.1 cm³/mol. The normalized spacial score (nSPS) is 8.50. The molecule has 0 amide bonds. The van der Waals surface area contributed by atoms with Crippen molar-refractivity contribution < 1.29 is 0 Å². The maximum absolute atomic E-state index is 10.4. The van der Waals surface area contributed by atoms with Crippen molar-refractivity contribution in [2.75, 3.05) is 0 Å². The molecule has 3 heteroatoms. The molecule has 0 saturated carbocycles. The van der Waals surface area contributed by atoms with E-state index in [0.717, 1.165) is 0 Å². The summed E-state index contributed by atoms with van der Waals surface area (Å²) in [6.45, 7) is 0. The molecule has 1 heterocycles. The van der Waals surface area contributed by atoms with Crippen LogP contribution in [-0.4, -0.2) is 10.2 Å². The average Bonchev–Trinajstić information content (AvgIpc) is 1.94. The van der Waals surface area contributed by atoms with Crippen LogP contribution in [-0.2, 0) is 0 Å². The molecule has 1 radical (unpaired) electrons. The van der Waals surface area contributed by atoms with Gasteiger partial charge in [-0.3, -0.25) is 4.79 Å². The molecule has 0 unspecified atom stereocenters. The van der Waals surface area contributed by atoms with Gasteiger partial charge in [0.1, 0.15) is 6.20 Å². The number of aromatic nitrogens is 2. The standard InChI is InChI=1S/C5H3N2O/c8-5-1-3-6-7-4-2-5/h1-3H. The lowest BCUT2D eigenvalue weighted by Crippen LogP contribution is -1.87. The van der Waals surface area contributed by atoms with Gasteiger partial charge >= 0.3 is 0 Å². The Morgan fingerprint density at radius 3 is 3.38 bits per heavy atom. The van der Waals surface area contributed by atoms with Crippen LogP contribution < -0.4 is 5.43 Å². The van der Waals surface area contributed by atoms with Crippen LogP contribution in [0.2, 0.25) is 0 Å². The Balaban J connectivity index is 3.32. The van der Waals surface area contributed by atoms with E-state index >= 15 is 0 Å². The van der Waals surface area contributed by atoms with Gasteiger partial charge in [0.05, 0.1) is 6.20 Å². The fourth-order valence-corrected chi connectivity index (χ4v) is 0.314. The molecule has 0 aliphatic heterocycles. The Labute approximate surface area is 46.0 Å². The van der Waals surface area contributed by atoms with E-state index in [4.69, 9.17) is 0 Å². The largest absolute Gasteiger partial charge is 0.290 e. The van der Waals surface area contributed by atoms with Gasteiger partial charge in [0, 0.05) is 12.1 Å². The highest BCUT2D eigenvalue weighted by molar-refractivity contribution is 4.85. The molecular weight excluding hydrogens is 104 g/mol. The molecule has 0 saturated heterocycles. The molecule has 0 aliphatic carbocycles. The zero-order valence-electron chi connectivity index (χ0n) is 4.03. The minimum atomic E-state index is -0.130. The van der Waals surface area contributed by atoms with Crippen LogP contribution in [0.1, 0.15) is 0 Å². The van der Waals surface area contributed by atoms with E-state index in [1.54, 1.807) is 0 Å². The molecule has 1 aromatic heterocycles. The number of rotatable bonds is 0. The van der Waals surface area contributed by atoms with E-state index in [1.165, 1.54) is 18.3 Å². The van der Waals surface area contributed by atoms with Gasteiger partial charge in [0.25, 0.3) is 0 Å². The zero-order chi connectivity index (χ0) is 5.82. The molecule has 0 atom stereocenters. The second-order valence-electron chi connectivity index (χ2n) is 1.21. The Morgan fingerprint density at radius 1 is 1.62 bits per heavy atom. The van der Waals surface area contributed by atoms with Crippen molar-refractivity contribution in [2.24, 2.45) is 0 Å². The molecule has 39 valence electrons. The monoisotopic (exact) mass is 107 g/mol. The lowest BCUT2D eigenvalue weighted by Gasteiger charge is -1.54. The van der Waals surface area contributed by atoms with E-state index in [9.17, 15) is 4.79 Å². The van der Waals surface area contributed by atoms with Crippen molar-refractivity contribution in [3.63, 3.8) is 0 Å². The molecule has 0 fully saturated rings. The average molecular weight is 107 g/mol. The highest BCUT2D eigenvalue weighted by Gasteiger charge is 1.72. The predicted octanol–water partition coefficient (Wildman–Crippen LogP) is -0.363. The first kappa shape index (κ1) is 4.90. The minimum Gasteiger partial charge on any atom is -0.290 e. The van der Waals surface area contributed by atoms with E-state index in [0.29, 0.717) is 0 Å². The molecule has 8 heavy (non-hydrogen) atoms. The molecule has 0 spiro atoms. The van der Waals surface area contributed by atoms with Gasteiger partial charge in [0.2, 0.25) is 0 Å². The third kappa shape index (κ3) is 1.11. The summed E-state index contributed by atoms with van der Waals surface area (Å²) in [4.78, 5) is 10.4. The van der Waals surface area contributed by atoms with Crippen molar-refractivity contribution in [3.05, 3.63) is 34.7 Å². The van der Waals surface area contributed by atoms with Crippen LogP contribution >= 0.6 is 0 Å². The van der Waals surface area contributed by atoms with E-state index in [2.05, 4.69) is 16.4 Å². The van der Waals surface area contributed by atoms with Gasteiger partial charge in [0.15, 0.2) is 5.43 Å². The summed E-state index contributed by atoms with van der Waals surface area (Å²) in [5.74, 6) is 0. The van der Waals surface area contributed by atoms with Crippen molar-refractivity contribution in [3.8, 4) is 0 Å². The van der Waals surface area contributed by atoms with E-state index in [1.807, 2.05) is 0 Å². The van der Waals surface area contributed by atoms with Gasteiger partial charge in [-0.25, -0.2) is 0 Å². The molecule has 0 N–H and O–H groups in total. The maximum Gasteiger partial charge on any atom is 0.182 e.